The fourth-order valence-electron chi connectivity index (χ4n) is 4.76. The summed E-state index contributed by atoms with van der Waals surface area (Å²) >= 11 is 0. The quantitative estimate of drug-likeness (QED) is 0.738. The van der Waals surface area contributed by atoms with Gasteiger partial charge >= 0.3 is 0 Å². The van der Waals surface area contributed by atoms with Gasteiger partial charge in [-0.25, -0.2) is 0 Å². The van der Waals surface area contributed by atoms with Crippen molar-refractivity contribution in [1.82, 2.24) is 4.90 Å². The van der Waals surface area contributed by atoms with Crippen molar-refractivity contribution in [2.75, 3.05) is 6.54 Å². The summed E-state index contributed by atoms with van der Waals surface area (Å²) in [5.74, 6) is 0.700. The molecule has 1 saturated carbocycles. The summed E-state index contributed by atoms with van der Waals surface area (Å²) in [6, 6.07) is 2.01. The Morgan fingerprint density at radius 1 is 0.944 bits per heavy atom. The second kappa shape index (κ2) is 5.48. The third-order valence-electron chi connectivity index (χ3n) is 5.57. The lowest BCUT2D eigenvalue weighted by Gasteiger charge is -2.45. The summed E-state index contributed by atoms with van der Waals surface area (Å²) in [5.41, 5.74) is 6.03. The topological polar surface area (TPSA) is 49.5 Å². The fourth-order valence-corrected chi connectivity index (χ4v) is 4.76. The van der Waals surface area contributed by atoms with E-state index in [2.05, 4.69) is 4.90 Å². The van der Waals surface area contributed by atoms with Crippen molar-refractivity contribution < 1.29 is 5.11 Å². The number of hydrogen-bond donors (Lipinski definition) is 2. The van der Waals surface area contributed by atoms with Crippen LogP contribution in [0.25, 0.3) is 0 Å². The maximum absolute atomic E-state index is 9.93. The molecule has 4 atom stereocenters. The molecule has 18 heavy (non-hydrogen) atoms. The molecule has 2 heterocycles. The predicted molar refractivity (Wildman–Crippen MR) is 73.3 cm³/mol. The van der Waals surface area contributed by atoms with E-state index in [0.29, 0.717) is 24.0 Å². The third kappa shape index (κ3) is 2.33. The van der Waals surface area contributed by atoms with Crippen molar-refractivity contribution >= 4 is 0 Å². The van der Waals surface area contributed by atoms with Gasteiger partial charge in [0.15, 0.2) is 0 Å². The molecule has 2 saturated heterocycles. The van der Waals surface area contributed by atoms with Crippen molar-refractivity contribution in [2.24, 2.45) is 11.7 Å². The standard InChI is InChI=1S/C15H28N2O/c16-10-11-4-2-1-3-5-15(11)17-12-6-7-13(17)9-14(18)8-12/h11-15,18H,1-10,16H2. The number of fused-ring (bicyclic) bond motifs is 2. The number of aliphatic hydroxyl groups excluding tert-OH is 1. The first kappa shape index (κ1) is 12.9. The van der Waals surface area contributed by atoms with Crippen molar-refractivity contribution in [2.45, 2.75) is 82.0 Å². The van der Waals surface area contributed by atoms with Gasteiger partial charge in [0.1, 0.15) is 0 Å². The molecule has 1 aliphatic carbocycles. The van der Waals surface area contributed by atoms with E-state index in [0.717, 1.165) is 19.4 Å². The highest BCUT2D eigenvalue weighted by Gasteiger charge is 2.45. The van der Waals surface area contributed by atoms with Gasteiger partial charge in [0, 0.05) is 18.1 Å². The summed E-state index contributed by atoms with van der Waals surface area (Å²) in [6.45, 7) is 0.850. The molecule has 0 radical (unpaired) electrons. The smallest absolute Gasteiger partial charge is 0.0570 e. The van der Waals surface area contributed by atoms with Crippen LogP contribution in [0.5, 0.6) is 0 Å². The Morgan fingerprint density at radius 3 is 2.28 bits per heavy atom. The monoisotopic (exact) mass is 252 g/mol. The molecule has 4 unspecified atom stereocenters. The van der Waals surface area contributed by atoms with E-state index in [1.165, 1.54) is 44.9 Å². The van der Waals surface area contributed by atoms with Crippen LogP contribution < -0.4 is 5.73 Å². The first-order valence-electron chi connectivity index (χ1n) is 7.95. The highest BCUT2D eigenvalue weighted by atomic mass is 16.3. The molecule has 2 aliphatic heterocycles. The Kier molecular flexibility index (Phi) is 3.92. The van der Waals surface area contributed by atoms with Crippen LogP contribution in [-0.2, 0) is 0 Å². The summed E-state index contributed by atoms with van der Waals surface area (Å²) in [5, 5.41) is 9.93. The summed E-state index contributed by atoms with van der Waals surface area (Å²) < 4.78 is 0. The van der Waals surface area contributed by atoms with Gasteiger partial charge in [0.05, 0.1) is 6.10 Å². The fraction of sp³-hybridized carbons (Fsp3) is 1.00. The van der Waals surface area contributed by atoms with E-state index in [9.17, 15) is 5.11 Å². The molecule has 104 valence electrons. The first-order valence-corrected chi connectivity index (χ1v) is 7.95. The van der Waals surface area contributed by atoms with Gasteiger partial charge < -0.3 is 10.8 Å². The normalized spacial score (nSPS) is 46.0. The van der Waals surface area contributed by atoms with Crippen LogP contribution in [-0.4, -0.2) is 40.8 Å². The van der Waals surface area contributed by atoms with Gasteiger partial charge in [0.25, 0.3) is 0 Å². The van der Waals surface area contributed by atoms with E-state index < -0.39 is 0 Å². The number of hydrogen-bond acceptors (Lipinski definition) is 3. The molecule has 3 N–H and O–H groups in total. The van der Waals surface area contributed by atoms with Crippen molar-refractivity contribution in [3.05, 3.63) is 0 Å². The maximum Gasteiger partial charge on any atom is 0.0570 e. The predicted octanol–water partition coefficient (Wildman–Crippen LogP) is 1.88. The Balaban J connectivity index is 1.76. The SMILES string of the molecule is NCC1CCCCCC1N1C2CCC1CC(O)C2. The van der Waals surface area contributed by atoms with Crippen LogP contribution in [0, 0.1) is 5.92 Å². The zero-order valence-corrected chi connectivity index (χ0v) is 11.4. The van der Waals surface area contributed by atoms with Crippen LogP contribution in [0.2, 0.25) is 0 Å². The molecule has 2 bridgehead atoms. The van der Waals surface area contributed by atoms with Gasteiger partial charge in [-0.2, -0.15) is 0 Å². The molecule has 0 aromatic heterocycles. The van der Waals surface area contributed by atoms with Gasteiger partial charge in [-0.15, -0.1) is 0 Å². The van der Waals surface area contributed by atoms with Gasteiger partial charge in [-0.1, -0.05) is 19.3 Å². The molecule has 0 spiro atoms. The van der Waals surface area contributed by atoms with E-state index >= 15 is 0 Å². The maximum atomic E-state index is 9.93. The summed E-state index contributed by atoms with van der Waals surface area (Å²) in [7, 11) is 0. The molecular weight excluding hydrogens is 224 g/mol. The highest BCUT2D eigenvalue weighted by molar-refractivity contribution is 5.00. The van der Waals surface area contributed by atoms with Crippen LogP contribution in [0.1, 0.15) is 57.8 Å². The summed E-state index contributed by atoms with van der Waals surface area (Å²) in [4.78, 5) is 2.79. The van der Waals surface area contributed by atoms with Crippen LogP contribution in [0.15, 0.2) is 0 Å². The Labute approximate surface area is 111 Å². The molecule has 3 nitrogen and oxygen atoms in total. The van der Waals surface area contributed by atoms with E-state index in [1.54, 1.807) is 0 Å². The van der Waals surface area contributed by atoms with Gasteiger partial charge in [-0.05, 0) is 51.0 Å². The van der Waals surface area contributed by atoms with Crippen LogP contribution in [0.4, 0.5) is 0 Å². The highest BCUT2D eigenvalue weighted by Crippen LogP contribution is 2.41. The second-order valence-corrected chi connectivity index (χ2v) is 6.66. The zero-order chi connectivity index (χ0) is 12.5. The number of aliphatic hydroxyl groups is 1. The van der Waals surface area contributed by atoms with Crippen molar-refractivity contribution in [3.8, 4) is 0 Å². The van der Waals surface area contributed by atoms with E-state index in [1.807, 2.05) is 0 Å². The van der Waals surface area contributed by atoms with E-state index in [4.69, 9.17) is 5.73 Å². The molecular formula is C15H28N2O. The Hall–Kier alpha value is -0.120. The molecule has 3 rings (SSSR count). The Bertz CT molecular complexity index is 270. The number of piperidine rings is 1. The van der Waals surface area contributed by atoms with Crippen LogP contribution in [0.3, 0.4) is 0 Å². The first-order chi connectivity index (χ1) is 8.79. The average molecular weight is 252 g/mol. The lowest BCUT2D eigenvalue weighted by atomic mass is 9.88. The lowest BCUT2D eigenvalue weighted by Crippen LogP contribution is -2.53. The zero-order valence-electron chi connectivity index (χ0n) is 11.4. The minimum Gasteiger partial charge on any atom is -0.393 e. The largest absolute Gasteiger partial charge is 0.393 e. The molecule has 0 aromatic carbocycles. The summed E-state index contributed by atoms with van der Waals surface area (Å²) in [6.07, 6.45) is 11.4. The van der Waals surface area contributed by atoms with Crippen molar-refractivity contribution in [3.63, 3.8) is 0 Å². The lowest BCUT2D eigenvalue weighted by molar-refractivity contribution is -0.00710. The van der Waals surface area contributed by atoms with E-state index in [-0.39, 0.29) is 6.10 Å². The van der Waals surface area contributed by atoms with Gasteiger partial charge in [-0.3, -0.25) is 4.90 Å². The minimum absolute atomic E-state index is 0.0409. The number of nitrogens with zero attached hydrogens (tertiary/aromatic N) is 1. The molecule has 3 fully saturated rings. The second-order valence-electron chi connectivity index (χ2n) is 6.66. The van der Waals surface area contributed by atoms with Crippen molar-refractivity contribution in [1.29, 1.82) is 0 Å². The third-order valence-corrected chi connectivity index (χ3v) is 5.57. The average Bonchev–Trinajstić information content (AvgIpc) is 2.58. The van der Waals surface area contributed by atoms with Gasteiger partial charge in [0.2, 0.25) is 0 Å². The number of rotatable bonds is 2. The molecule has 3 heteroatoms. The van der Waals surface area contributed by atoms with Crippen LogP contribution >= 0.6 is 0 Å². The number of nitrogens with two attached hydrogens (primary N) is 1. The Morgan fingerprint density at radius 2 is 1.61 bits per heavy atom. The molecule has 3 aliphatic rings. The minimum atomic E-state index is -0.0409. The molecule has 0 amide bonds. The molecule has 0 aromatic rings.